The Labute approximate surface area is 279 Å². The molecule has 11 heteroatoms. The molecule has 0 aromatic heterocycles. The molecule has 244 valence electrons. The van der Waals surface area contributed by atoms with E-state index in [1.54, 1.807) is 0 Å². The number of fused-ring (bicyclic) bond motifs is 10. The third-order valence-corrected chi connectivity index (χ3v) is 25.4. The van der Waals surface area contributed by atoms with Gasteiger partial charge in [-0.15, -0.1) is 0 Å². The Morgan fingerprint density at radius 1 is 0.479 bits per heavy atom. The molecule has 9 rings (SSSR count). The van der Waals surface area contributed by atoms with Crippen LogP contribution in [0.15, 0.2) is 97.1 Å². The van der Waals surface area contributed by atoms with E-state index in [0.29, 0.717) is 10.5 Å². The van der Waals surface area contributed by atoms with Crippen LogP contribution in [0, 0.1) is 44.4 Å². The van der Waals surface area contributed by atoms with Crippen molar-refractivity contribution in [2.24, 2.45) is 23.7 Å². The zero-order valence-corrected chi connectivity index (χ0v) is 29.0. The van der Waals surface area contributed by atoms with Gasteiger partial charge in [-0.1, -0.05) is 0 Å². The molecule has 0 aliphatic carbocycles. The topological polar surface area (TPSA) is 112 Å². The minimum absolute atomic E-state index is 0.536. The molecule has 8 atom stereocenters. The Kier molecular flexibility index (Phi) is 6.47. The van der Waals surface area contributed by atoms with Crippen LogP contribution in [0.25, 0.3) is 0 Å². The van der Waals surface area contributed by atoms with Crippen LogP contribution in [0.5, 0.6) is 0 Å². The number of rotatable bonds is 7. The normalized spacial score (nSPS) is 32.0. The van der Waals surface area contributed by atoms with Gasteiger partial charge in [-0.2, -0.15) is 0 Å². The van der Waals surface area contributed by atoms with E-state index in [1.165, 1.54) is 0 Å². The summed E-state index contributed by atoms with van der Waals surface area (Å²) in [5.74, 6) is -5.18. The van der Waals surface area contributed by atoms with Crippen molar-refractivity contribution >= 4 is 52.4 Å². The summed E-state index contributed by atoms with van der Waals surface area (Å²) in [6.07, 6.45) is 5.06. The number of nitrogens with zero attached hydrogens (tertiary/aromatic N) is 2. The van der Waals surface area contributed by atoms with E-state index in [1.807, 2.05) is 118 Å². The van der Waals surface area contributed by atoms with Gasteiger partial charge in [-0.25, -0.2) is 0 Å². The summed E-state index contributed by atoms with van der Waals surface area (Å²) >= 11 is -6.57. The van der Waals surface area contributed by atoms with Gasteiger partial charge >= 0.3 is 280 Å². The summed E-state index contributed by atoms with van der Waals surface area (Å²) in [4.78, 5) is 57.8. The average Bonchev–Trinajstić information content (AvgIpc) is 3.94. The molecule has 4 unspecified atom stereocenters. The average molecular weight is 755 g/mol. The number of imide groups is 2. The summed E-state index contributed by atoms with van der Waals surface area (Å²) < 4.78 is 28.3. The summed E-state index contributed by atoms with van der Waals surface area (Å²) in [5, 5.41) is 1.77. The molecular weight excluding hydrogens is 722 g/mol. The van der Waals surface area contributed by atoms with Crippen molar-refractivity contribution in [3.8, 4) is 0 Å². The Balaban J connectivity index is 1.36. The molecule has 4 fully saturated rings. The first-order valence-corrected chi connectivity index (χ1v) is 22.1. The molecule has 0 N–H and O–H groups in total. The summed E-state index contributed by atoms with van der Waals surface area (Å²) in [5.41, 5.74) is 2.25. The van der Waals surface area contributed by atoms with Crippen molar-refractivity contribution in [1.29, 1.82) is 0 Å². The Morgan fingerprint density at radius 2 is 0.750 bits per heavy atom. The molecule has 6 aliphatic rings. The predicted octanol–water partition coefficient (Wildman–Crippen LogP) is 1.77. The molecule has 0 radical (unpaired) electrons. The van der Waals surface area contributed by atoms with Crippen LogP contribution in [0.4, 0.5) is 0 Å². The molecule has 0 saturated carbocycles. The summed E-state index contributed by atoms with van der Waals surface area (Å²) in [6, 6.07) is 22.5. The first-order chi connectivity index (χ1) is 23.1. The maximum atomic E-state index is 14.4. The fraction of sp³-hybridized carbons (Fsp3) is 0.297. The number of hydrogen-bond acceptors (Lipinski definition) is 8. The van der Waals surface area contributed by atoms with E-state index in [4.69, 9.17) is 15.7 Å². The predicted molar refractivity (Wildman–Crippen MR) is 174 cm³/mol. The molecule has 3 aromatic rings. The van der Waals surface area contributed by atoms with Crippen LogP contribution in [-0.2, 0) is 34.9 Å². The number of hydrogen-bond donors (Lipinski definition) is 0. The second kappa shape index (κ2) is 10.3. The fourth-order valence-corrected chi connectivity index (χ4v) is 24.4. The Hall–Kier alpha value is -3.92. The van der Waals surface area contributed by atoms with Crippen molar-refractivity contribution in [2.45, 2.75) is 45.2 Å². The molecule has 10 nitrogen and oxygen atoms in total. The van der Waals surface area contributed by atoms with E-state index in [-0.39, 0.29) is 0 Å². The molecule has 6 aliphatic heterocycles. The standard InChI is InChI=1S/2C8H6NO4.3C7H7.Sb/c2*10-7-5-3-1-2-4(13-3)6(5)8(11)9(7)12;3*1-7-5-3-2-4-6-7;/h2*1-6H;3*2-5H,1H3;/q2*-1;;;;+2/t2*3-,4+,5?,6?;;;;. The van der Waals surface area contributed by atoms with Gasteiger partial charge in [-0.05, 0) is 0 Å². The van der Waals surface area contributed by atoms with Crippen molar-refractivity contribution in [1.82, 2.24) is 10.1 Å². The number of carbonyl (C=O) groups excluding carboxylic acids is 4. The van der Waals surface area contributed by atoms with E-state index in [0.717, 1.165) is 26.8 Å². The zero-order valence-electron chi connectivity index (χ0n) is 26.5. The van der Waals surface area contributed by atoms with Crippen molar-refractivity contribution in [3.05, 3.63) is 114 Å². The second-order valence-electron chi connectivity index (χ2n) is 13.4. The van der Waals surface area contributed by atoms with Crippen molar-refractivity contribution < 1.29 is 34.9 Å². The first-order valence-electron chi connectivity index (χ1n) is 16.2. The summed E-state index contributed by atoms with van der Waals surface area (Å²) in [6.45, 7) is 5.72. The molecule has 48 heavy (non-hydrogen) atoms. The van der Waals surface area contributed by atoms with Gasteiger partial charge < -0.3 is 0 Å². The van der Waals surface area contributed by atoms with Gasteiger partial charge in [0.1, 0.15) is 0 Å². The van der Waals surface area contributed by atoms with Crippen LogP contribution < -0.4 is 10.5 Å². The summed E-state index contributed by atoms with van der Waals surface area (Å²) in [7, 11) is 0. The van der Waals surface area contributed by atoms with Crippen LogP contribution in [0.1, 0.15) is 16.7 Å². The maximum absolute atomic E-state index is 14.4. The quantitative estimate of drug-likeness (QED) is 0.204. The second-order valence-corrected chi connectivity index (χ2v) is 23.9. The van der Waals surface area contributed by atoms with Crippen LogP contribution in [0.2, 0.25) is 0 Å². The third-order valence-electron chi connectivity index (χ3n) is 10.9. The van der Waals surface area contributed by atoms with E-state index < -0.39 is 90.0 Å². The molecule has 4 bridgehead atoms. The number of amides is 4. The zero-order chi connectivity index (χ0) is 33.1. The molecule has 6 heterocycles. The monoisotopic (exact) mass is 754 g/mol. The number of benzene rings is 3. The SMILES string of the molecule is Cc1cccc[c]1[Sb]([O]N1C(=O)C2C(C1=O)[C@H]1C=C[C@@H]2O1)([O]N1C(=O)C2C(C1=O)[C@H]1C=C[C@@H]2O1)([c]1ccccc1C)[c]1ccccc1C. The van der Waals surface area contributed by atoms with Crippen LogP contribution >= 0.6 is 0 Å². The molecule has 4 saturated heterocycles. The van der Waals surface area contributed by atoms with Gasteiger partial charge in [0.15, 0.2) is 0 Å². The van der Waals surface area contributed by atoms with Crippen LogP contribution in [-0.4, -0.2) is 76.4 Å². The Morgan fingerprint density at radius 3 is 1.02 bits per heavy atom. The van der Waals surface area contributed by atoms with E-state index in [2.05, 4.69) is 0 Å². The van der Waals surface area contributed by atoms with Gasteiger partial charge in [0, 0.05) is 0 Å². The number of hydroxylamine groups is 4. The minimum atomic E-state index is -6.57. The van der Waals surface area contributed by atoms with E-state index in [9.17, 15) is 19.2 Å². The van der Waals surface area contributed by atoms with Crippen LogP contribution in [0.3, 0.4) is 0 Å². The number of ether oxygens (including phenoxy) is 2. The van der Waals surface area contributed by atoms with Gasteiger partial charge in [0.25, 0.3) is 0 Å². The Bertz CT molecular complexity index is 1780. The molecule has 3 aromatic carbocycles. The molecular formula is C37H33N2O8Sb. The van der Waals surface area contributed by atoms with Crippen molar-refractivity contribution in [3.63, 3.8) is 0 Å². The molecule has 0 spiro atoms. The molecule has 4 amide bonds. The number of aryl methyl sites for hydroxylation is 3. The van der Waals surface area contributed by atoms with E-state index >= 15 is 0 Å². The first kappa shape index (κ1) is 30.2. The van der Waals surface area contributed by atoms with Gasteiger partial charge in [-0.3, -0.25) is 0 Å². The van der Waals surface area contributed by atoms with Gasteiger partial charge in [0.2, 0.25) is 0 Å². The third kappa shape index (κ3) is 3.67. The van der Waals surface area contributed by atoms with Gasteiger partial charge in [0.05, 0.1) is 0 Å². The fourth-order valence-electron chi connectivity index (χ4n) is 8.75. The van der Waals surface area contributed by atoms with Crippen molar-refractivity contribution in [2.75, 3.05) is 0 Å². The number of carbonyl (C=O) groups is 4.